The maximum Gasteiger partial charge on any atom is 0.260 e. The molecule has 4 rings (SSSR count). The van der Waals surface area contributed by atoms with Crippen LogP contribution < -0.4 is 15.4 Å². The van der Waals surface area contributed by atoms with Crippen LogP contribution in [-0.2, 0) is 21.4 Å². The lowest BCUT2D eigenvalue weighted by molar-refractivity contribution is -0.134. The number of fused-ring (bicyclic) bond motifs is 1. The molecule has 1 saturated heterocycles. The van der Waals surface area contributed by atoms with E-state index in [0.717, 1.165) is 49.3 Å². The third kappa shape index (κ3) is 3.94. The Morgan fingerprint density at radius 1 is 1.09 bits per heavy atom. The van der Waals surface area contributed by atoms with Crippen LogP contribution in [0.1, 0.15) is 44.2 Å². The Labute approximate surface area is 190 Å². The standard InChI is InChI=1S/C26H33N3O3/c1-3-29-19(2)26(25(27)31,17-20-10-6-4-7-11-20)22-16-21(12-13-23(22)29)32-18-24(30)28-14-8-5-9-15-28/h4,6-7,10-13,16,19H,3,5,8-9,14-15,17-18H2,1-2H3,(H2,27,31). The third-order valence-corrected chi connectivity index (χ3v) is 7.12. The minimum atomic E-state index is -0.872. The van der Waals surface area contributed by atoms with E-state index in [2.05, 4.69) is 18.7 Å². The number of likely N-dealkylation sites (tertiary alicyclic amines) is 1. The molecule has 0 aliphatic carbocycles. The van der Waals surface area contributed by atoms with E-state index in [4.69, 9.17) is 10.5 Å². The van der Waals surface area contributed by atoms with Crippen LogP contribution in [0.2, 0.25) is 0 Å². The summed E-state index contributed by atoms with van der Waals surface area (Å²) in [6.07, 6.45) is 3.80. The van der Waals surface area contributed by atoms with Gasteiger partial charge in [-0.3, -0.25) is 9.59 Å². The molecule has 2 heterocycles. The van der Waals surface area contributed by atoms with Crippen molar-refractivity contribution in [3.63, 3.8) is 0 Å². The van der Waals surface area contributed by atoms with Crippen LogP contribution in [0.5, 0.6) is 5.75 Å². The fraction of sp³-hybridized carbons (Fsp3) is 0.462. The number of amides is 2. The summed E-state index contributed by atoms with van der Waals surface area (Å²) in [7, 11) is 0. The first-order valence-corrected chi connectivity index (χ1v) is 11.6. The monoisotopic (exact) mass is 435 g/mol. The van der Waals surface area contributed by atoms with Crippen LogP contribution in [0, 0.1) is 0 Å². The number of nitrogens with zero attached hydrogens (tertiary/aromatic N) is 2. The third-order valence-electron chi connectivity index (χ3n) is 7.12. The topological polar surface area (TPSA) is 75.9 Å². The summed E-state index contributed by atoms with van der Waals surface area (Å²) in [6.45, 7) is 6.54. The lowest BCUT2D eigenvalue weighted by atomic mass is 9.72. The maximum atomic E-state index is 13.0. The van der Waals surface area contributed by atoms with Crippen molar-refractivity contribution in [2.75, 3.05) is 31.1 Å². The quantitative estimate of drug-likeness (QED) is 0.724. The predicted molar refractivity (Wildman–Crippen MR) is 126 cm³/mol. The molecule has 0 bridgehead atoms. The van der Waals surface area contributed by atoms with Crippen molar-refractivity contribution >= 4 is 17.5 Å². The normalized spacial score (nSPS) is 22.5. The van der Waals surface area contributed by atoms with Gasteiger partial charge < -0.3 is 20.3 Å². The highest BCUT2D eigenvalue weighted by Gasteiger charge is 2.52. The molecule has 0 radical (unpaired) electrons. The van der Waals surface area contributed by atoms with Crippen LogP contribution >= 0.6 is 0 Å². The number of piperidine rings is 1. The number of nitrogens with two attached hydrogens (primary N) is 1. The van der Waals surface area contributed by atoms with Gasteiger partial charge in [0.25, 0.3) is 5.91 Å². The number of rotatable bonds is 7. The molecule has 6 heteroatoms. The van der Waals surface area contributed by atoms with E-state index < -0.39 is 5.41 Å². The first kappa shape index (κ1) is 22.2. The number of carbonyl (C=O) groups excluding carboxylic acids is 2. The van der Waals surface area contributed by atoms with Crippen molar-refractivity contribution in [1.82, 2.24) is 4.90 Å². The lowest BCUT2D eigenvalue weighted by Crippen LogP contribution is -2.52. The molecular formula is C26H33N3O3. The van der Waals surface area contributed by atoms with Crippen LogP contribution in [0.25, 0.3) is 0 Å². The number of hydrogen-bond acceptors (Lipinski definition) is 4. The van der Waals surface area contributed by atoms with Crippen LogP contribution in [-0.4, -0.2) is 49.0 Å². The number of likely N-dealkylation sites (N-methyl/N-ethyl adjacent to an activating group) is 1. The summed E-state index contributed by atoms with van der Waals surface area (Å²) in [6, 6.07) is 15.7. The van der Waals surface area contributed by atoms with E-state index >= 15 is 0 Å². The van der Waals surface area contributed by atoms with Gasteiger partial charge in [-0.15, -0.1) is 0 Å². The zero-order valence-corrected chi connectivity index (χ0v) is 19.0. The minimum Gasteiger partial charge on any atom is -0.484 e. The largest absolute Gasteiger partial charge is 0.484 e. The van der Waals surface area contributed by atoms with Crippen molar-refractivity contribution in [2.24, 2.45) is 5.73 Å². The zero-order chi connectivity index (χ0) is 22.7. The van der Waals surface area contributed by atoms with E-state index in [1.54, 1.807) is 0 Å². The number of ether oxygens (including phenoxy) is 1. The molecule has 2 N–H and O–H groups in total. The molecule has 1 fully saturated rings. The van der Waals surface area contributed by atoms with Crippen LogP contribution in [0.15, 0.2) is 48.5 Å². The second kappa shape index (κ2) is 9.23. The Morgan fingerprint density at radius 2 is 1.81 bits per heavy atom. The highest BCUT2D eigenvalue weighted by molar-refractivity contribution is 5.93. The van der Waals surface area contributed by atoms with Gasteiger partial charge in [0.2, 0.25) is 5.91 Å². The highest BCUT2D eigenvalue weighted by atomic mass is 16.5. The van der Waals surface area contributed by atoms with Gasteiger partial charge in [-0.2, -0.15) is 0 Å². The van der Waals surface area contributed by atoms with Crippen LogP contribution in [0.3, 0.4) is 0 Å². The Kier molecular flexibility index (Phi) is 6.40. The van der Waals surface area contributed by atoms with Gasteiger partial charge in [0, 0.05) is 31.4 Å². The number of benzene rings is 2. The Morgan fingerprint density at radius 3 is 2.47 bits per heavy atom. The molecule has 2 atom stereocenters. The van der Waals surface area contributed by atoms with Gasteiger partial charge >= 0.3 is 0 Å². The van der Waals surface area contributed by atoms with Crippen molar-refractivity contribution < 1.29 is 14.3 Å². The summed E-state index contributed by atoms with van der Waals surface area (Å²) in [4.78, 5) is 29.7. The second-order valence-corrected chi connectivity index (χ2v) is 8.87. The summed E-state index contributed by atoms with van der Waals surface area (Å²) >= 11 is 0. The van der Waals surface area contributed by atoms with Gasteiger partial charge in [0.1, 0.15) is 5.75 Å². The summed E-state index contributed by atoms with van der Waals surface area (Å²) in [5.41, 5.74) is 8.18. The van der Waals surface area contributed by atoms with Gasteiger partial charge in [-0.05, 0) is 68.9 Å². The number of primary amides is 1. The Hall–Kier alpha value is -3.02. The predicted octanol–water partition coefficient (Wildman–Crippen LogP) is 3.27. The van der Waals surface area contributed by atoms with E-state index in [1.165, 1.54) is 6.42 Å². The smallest absolute Gasteiger partial charge is 0.260 e. The summed E-state index contributed by atoms with van der Waals surface area (Å²) in [5.74, 6) is 0.268. The second-order valence-electron chi connectivity index (χ2n) is 8.87. The van der Waals surface area contributed by atoms with Crippen molar-refractivity contribution in [3.05, 3.63) is 59.7 Å². The zero-order valence-electron chi connectivity index (χ0n) is 19.0. The molecule has 2 aromatic rings. The fourth-order valence-corrected chi connectivity index (χ4v) is 5.32. The van der Waals surface area contributed by atoms with Crippen molar-refractivity contribution in [1.29, 1.82) is 0 Å². The van der Waals surface area contributed by atoms with Crippen LogP contribution in [0.4, 0.5) is 5.69 Å². The molecule has 6 nitrogen and oxygen atoms in total. The molecule has 2 aliphatic heterocycles. The average Bonchev–Trinajstić information content (AvgIpc) is 3.06. The highest BCUT2D eigenvalue weighted by Crippen LogP contribution is 2.48. The molecule has 2 unspecified atom stereocenters. The molecule has 170 valence electrons. The average molecular weight is 436 g/mol. The van der Waals surface area contributed by atoms with E-state index in [-0.39, 0.29) is 24.5 Å². The van der Waals surface area contributed by atoms with E-state index in [0.29, 0.717) is 12.2 Å². The minimum absolute atomic E-state index is 0.00802. The molecule has 2 amide bonds. The molecular weight excluding hydrogens is 402 g/mol. The number of carbonyl (C=O) groups is 2. The first-order chi connectivity index (χ1) is 15.5. The molecule has 32 heavy (non-hydrogen) atoms. The number of anilines is 1. The Balaban J connectivity index is 1.64. The van der Waals surface area contributed by atoms with Crippen molar-refractivity contribution in [2.45, 2.75) is 51.0 Å². The van der Waals surface area contributed by atoms with E-state index in [9.17, 15) is 9.59 Å². The summed E-state index contributed by atoms with van der Waals surface area (Å²) in [5, 5.41) is 0. The number of hydrogen-bond donors (Lipinski definition) is 1. The van der Waals surface area contributed by atoms with E-state index in [1.807, 2.05) is 53.4 Å². The van der Waals surface area contributed by atoms with Crippen molar-refractivity contribution in [3.8, 4) is 5.75 Å². The first-order valence-electron chi connectivity index (χ1n) is 11.6. The maximum absolute atomic E-state index is 13.0. The molecule has 0 aromatic heterocycles. The fourth-order valence-electron chi connectivity index (χ4n) is 5.32. The van der Waals surface area contributed by atoms with Gasteiger partial charge in [-0.25, -0.2) is 0 Å². The van der Waals surface area contributed by atoms with Gasteiger partial charge in [0.05, 0.1) is 5.41 Å². The SMILES string of the molecule is CCN1c2ccc(OCC(=O)N3CCCCC3)cc2C(Cc2ccccc2)(C(N)=O)C1C. The summed E-state index contributed by atoms with van der Waals surface area (Å²) < 4.78 is 5.91. The molecule has 2 aromatic carbocycles. The Bertz CT molecular complexity index is 972. The van der Waals surface area contributed by atoms with Gasteiger partial charge in [-0.1, -0.05) is 30.3 Å². The van der Waals surface area contributed by atoms with Gasteiger partial charge in [0.15, 0.2) is 6.61 Å². The molecule has 2 aliphatic rings. The lowest BCUT2D eigenvalue weighted by Gasteiger charge is -2.34. The molecule has 0 spiro atoms. The molecule has 0 saturated carbocycles.